The van der Waals surface area contributed by atoms with Crippen LogP contribution in [0.25, 0.3) is 0 Å². The molecular formula is C17H21N3O3S2. The molecule has 0 atom stereocenters. The summed E-state index contributed by atoms with van der Waals surface area (Å²) in [6.45, 7) is 4.31. The molecule has 1 heterocycles. The number of ether oxygens (including phenoxy) is 1. The van der Waals surface area contributed by atoms with Gasteiger partial charge < -0.3 is 10.1 Å². The first-order chi connectivity index (χ1) is 12.0. The molecule has 1 amide bonds. The van der Waals surface area contributed by atoms with Crippen LogP contribution in [0.2, 0.25) is 0 Å². The van der Waals surface area contributed by atoms with Crippen LogP contribution in [0.3, 0.4) is 0 Å². The van der Waals surface area contributed by atoms with E-state index in [1.807, 2.05) is 0 Å². The molecule has 0 aliphatic carbocycles. The molecular weight excluding hydrogens is 358 g/mol. The SMILES string of the molecule is COC(=O)CSc1nnc(NC(=O)CCc2ccc(C(C)C)cc2)s1. The fourth-order valence-corrected chi connectivity index (χ4v) is 3.61. The predicted molar refractivity (Wildman–Crippen MR) is 100 cm³/mol. The number of methoxy groups -OCH3 is 1. The van der Waals surface area contributed by atoms with Crippen molar-refractivity contribution in [1.29, 1.82) is 0 Å². The molecule has 0 fully saturated rings. The van der Waals surface area contributed by atoms with E-state index in [4.69, 9.17) is 0 Å². The molecule has 0 unspecified atom stereocenters. The zero-order valence-electron chi connectivity index (χ0n) is 14.4. The van der Waals surface area contributed by atoms with Crippen molar-refractivity contribution >= 4 is 40.1 Å². The number of nitrogens with zero attached hydrogens (tertiary/aromatic N) is 2. The standard InChI is InChI=1S/C17H21N3O3S2/c1-11(2)13-7-4-12(5-8-13)6-9-14(21)18-16-19-20-17(25-16)24-10-15(22)23-3/h4-5,7-8,11H,6,9-10H2,1-3H3,(H,18,19,21). The van der Waals surface area contributed by atoms with Crippen molar-refractivity contribution in [3.05, 3.63) is 35.4 Å². The Morgan fingerprint density at radius 1 is 1.24 bits per heavy atom. The number of benzene rings is 1. The van der Waals surface area contributed by atoms with Gasteiger partial charge in [-0.3, -0.25) is 9.59 Å². The van der Waals surface area contributed by atoms with Crippen LogP contribution in [-0.4, -0.2) is 34.9 Å². The van der Waals surface area contributed by atoms with Gasteiger partial charge in [0.2, 0.25) is 11.0 Å². The van der Waals surface area contributed by atoms with Gasteiger partial charge in [0.25, 0.3) is 0 Å². The van der Waals surface area contributed by atoms with E-state index >= 15 is 0 Å². The number of carbonyl (C=O) groups is 2. The van der Waals surface area contributed by atoms with Gasteiger partial charge in [-0.1, -0.05) is 61.2 Å². The van der Waals surface area contributed by atoms with Gasteiger partial charge in [-0.2, -0.15) is 0 Å². The second-order valence-corrected chi connectivity index (χ2v) is 7.88. The molecule has 1 N–H and O–H groups in total. The molecule has 0 radical (unpaired) electrons. The Bertz CT molecular complexity index is 714. The number of carbonyl (C=O) groups excluding carboxylic acids is 2. The summed E-state index contributed by atoms with van der Waals surface area (Å²) in [7, 11) is 1.34. The van der Waals surface area contributed by atoms with Gasteiger partial charge in [0, 0.05) is 6.42 Å². The van der Waals surface area contributed by atoms with Crippen molar-refractivity contribution in [2.75, 3.05) is 18.2 Å². The molecule has 25 heavy (non-hydrogen) atoms. The second kappa shape index (κ2) is 9.53. The Hall–Kier alpha value is -1.93. The van der Waals surface area contributed by atoms with Crippen LogP contribution in [-0.2, 0) is 20.7 Å². The number of aromatic nitrogens is 2. The highest BCUT2D eigenvalue weighted by Crippen LogP contribution is 2.25. The van der Waals surface area contributed by atoms with Gasteiger partial charge in [-0.05, 0) is 23.5 Å². The fraction of sp³-hybridized carbons (Fsp3) is 0.412. The monoisotopic (exact) mass is 379 g/mol. The van der Waals surface area contributed by atoms with E-state index in [-0.39, 0.29) is 17.6 Å². The van der Waals surface area contributed by atoms with E-state index in [0.717, 1.165) is 5.56 Å². The smallest absolute Gasteiger partial charge is 0.316 e. The van der Waals surface area contributed by atoms with E-state index in [2.05, 4.69) is 58.4 Å². The third-order valence-electron chi connectivity index (χ3n) is 3.48. The lowest BCUT2D eigenvalue weighted by atomic mass is 10.0. The van der Waals surface area contributed by atoms with Crippen molar-refractivity contribution in [3.8, 4) is 0 Å². The topological polar surface area (TPSA) is 81.2 Å². The van der Waals surface area contributed by atoms with Gasteiger partial charge in [-0.15, -0.1) is 10.2 Å². The molecule has 1 aromatic heterocycles. The van der Waals surface area contributed by atoms with Gasteiger partial charge in [-0.25, -0.2) is 0 Å². The molecule has 0 saturated carbocycles. The summed E-state index contributed by atoms with van der Waals surface area (Å²) in [4.78, 5) is 23.1. The molecule has 134 valence electrons. The van der Waals surface area contributed by atoms with E-state index in [1.165, 1.54) is 35.8 Å². The van der Waals surface area contributed by atoms with E-state index in [1.54, 1.807) is 0 Å². The Labute approximate surface area is 155 Å². The zero-order chi connectivity index (χ0) is 18.2. The summed E-state index contributed by atoms with van der Waals surface area (Å²) in [5.74, 6) is 0.245. The Morgan fingerprint density at radius 3 is 2.60 bits per heavy atom. The average molecular weight is 380 g/mol. The molecule has 0 bridgehead atoms. The third kappa shape index (κ3) is 6.47. The van der Waals surface area contributed by atoms with Crippen molar-refractivity contribution < 1.29 is 14.3 Å². The van der Waals surface area contributed by atoms with Crippen molar-refractivity contribution in [3.63, 3.8) is 0 Å². The van der Waals surface area contributed by atoms with Gasteiger partial charge in [0.15, 0.2) is 4.34 Å². The lowest BCUT2D eigenvalue weighted by Crippen LogP contribution is -2.12. The van der Waals surface area contributed by atoms with Crippen LogP contribution in [0, 0.1) is 0 Å². The lowest BCUT2D eigenvalue weighted by molar-refractivity contribution is -0.137. The number of rotatable bonds is 8. The van der Waals surface area contributed by atoms with Crippen LogP contribution in [0.5, 0.6) is 0 Å². The van der Waals surface area contributed by atoms with E-state index in [9.17, 15) is 9.59 Å². The summed E-state index contributed by atoms with van der Waals surface area (Å²) in [5.41, 5.74) is 2.42. The first-order valence-corrected chi connectivity index (χ1v) is 9.70. The van der Waals surface area contributed by atoms with Crippen LogP contribution in [0.4, 0.5) is 5.13 Å². The van der Waals surface area contributed by atoms with Crippen LogP contribution in [0.15, 0.2) is 28.6 Å². The molecule has 0 aliphatic rings. The lowest BCUT2D eigenvalue weighted by Gasteiger charge is -2.06. The number of thioether (sulfide) groups is 1. The summed E-state index contributed by atoms with van der Waals surface area (Å²) in [6.07, 6.45) is 1.05. The number of hydrogen-bond acceptors (Lipinski definition) is 7. The normalized spacial score (nSPS) is 10.7. The van der Waals surface area contributed by atoms with Crippen molar-refractivity contribution in [2.24, 2.45) is 0 Å². The molecule has 2 rings (SSSR count). The fourth-order valence-electron chi connectivity index (χ4n) is 2.01. The molecule has 6 nitrogen and oxygen atoms in total. The number of esters is 1. The summed E-state index contributed by atoms with van der Waals surface area (Å²) < 4.78 is 5.18. The highest BCUT2D eigenvalue weighted by atomic mass is 32.2. The zero-order valence-corrected chi connectivity index (χ0v) is 16.1. The Balaban J connectivity index is 1.78. The van der Waals surface area contributed by atoms with Crippen molar-refractivity contribution in [1.82, 2.24) is 10.2 Å². The number of nitrogens with one attached hydrogen (secondary N) is 1. The number of aryl methyl sites for hydroxylation is 1. The van der Waals surface area contributed by atoms with Crippen molar-refractivity contribution in [2.45, 2.75) is 36.9 Å². The summed E-state index contributed by atoms with van der Waals surface area (Å²) >= 11 is 2.48. The Morgan fingerprint density at radius 2 is 1.96 bits per heavy atom. The summed E-state index contributed by atoms with van der Waals surface area (Å²) in [6, 6.07) is 8.34. The maximum absolute atomic E-state index is 12.0. The predicted octanol–water partition coefficient (Wildman–Crippen LogP) is 3.50. The number of amides is 1. The quantitative estimate of drug-likeness (QED) is 0.429. The van der Waals surface area contributed by atoms with Gasteiger partial charge >= 0.3 is 5.97 Å². The minimum atomic E-state index is -0.325. The number of hydrogen-bond donors (Lipinski definition) is 1. The Kier molecular flexibility index (Phi) is 7.39. The van der Waals surface area contributed by atoms with Crippen LogP contribution < -0.4 is 5.32 Å². The highest BCUT2D eigenvalue weighted by molar-refractivity contribution is 8.01. The molecule has 0 spiro atoms. The highest BCUT2D eigenvalue weighted by Gasteiger charge is 2.11. The molecule has 0 aliphatic heterocycles. The molecule has 8 heteroatoms. The first kappa shape index (κ1) is 19.4. The minimum absolute atomic E-state index is 0.103. The van der Waals surface area contributed by atoms with Gasteiger partial charge in [0.05, 0.1) is 12.9 Å². The van der Waals surface area contributed by atoms with Crippen LogP contribution >= 0.6 is 23.1 Å². The minimum Gasteiger partial charge on any atom is -0.468 e. The van der Waals surface area contributed by atoms with E-state index in [0.29, 0.717) is 28.2 Å². The van der Waals surface area contributed by atoms with Gasteiger partial charge in [0.1, 0.15) is 0 Å². The molecule has 0 saturated heterocycles. The van der Waals surface area contributed by atoms with E-state index < -0.39 is 0 Å². The maximum Gasteiger partial charge on any atom is 0.316 e. The summed E-state index contributed by atoms with van der Waals surface area (Å²) in [5, 5.41) is 11.0. The molecule has 1 aromatic carbocycles. The molecule has 2 aromatic rings. The van der Waals surface area contributed by atoms with Crippen LogP contribution in [0.1, 0.15) is 37.3 Å². The second-order valence-electron chi connectivity index (χ2n) is 5.68. The maximum atomic E-state index is 12.0. The third-order valence-corrected chi connectivity index (χ3v) is 5.43. The number of anilines is 1. The average Bonchev–Trinajstić information content (AvgIpc) is 3.05. The first-order valence-electron chi connectivity index (χ1n) is 7.89. The largest absolute Gasteiger partial charge is 0.468 e.